The molecule has 5 nitrogen and oxygen atoms in total. The zero-order valence-corrected chi connectivity index (χ0v) is 10.7. The summed E-state index contributed by atoms with van der Waals surface area (Å²) in [6.45, 7) is 1.56. The van der Waals surface area contributed by atoms with Crippen LogP contribution in [0.25, 0.3) is 0 Å². The molecule has 2 rings (SSSR count). The lowest BCUT2D eigenvalue weighted by molar-refractivity contribution is -0.119. The van der Waals surface area contributed by atoms with Crippen LogP contribution in [0.2, 0.25) is 0 Å². The highest BCUT2D eigenvalue weighted by Gasteiger charge is 2.15. The first-order chi connectivity index (χ1) is 9.28. The lowest BCUT2D eigenvalue weighted by Gasteiger charge is -2.11. The molecule has 1 aliphatic heterocycles. The molecule has 1 amide bonds. The van der Waals surface area contributed by atoms with Crippen molar-refractivity contribution in [2.75, 3.05) is 25.0 Å². The van der Waals surface area contributed by atoms with Gasteiger partial charge in [0.2, 0.25) is 5.91 Å². The summed E-state index contributed by atoms with van der Waals surface area (Å²) in [6, 6.07) is 9.11. The minimum atomic E-state index is -0.0714. The van der Waals surface area contributed by atoms with Crippen LogP contribution in [0.5, 0.6) is 0 Å². The summed E-state index contributed by atoms with van der Waals surface area (Å²) in [5.74, 6) is -0.0714. The molecule has 1 heterocycles. The van der Waals surface area contributed by atoms with Crippen molar-refractivity contribution >= 4 is 11.6 Å². The molecule has 0 radical (unpaired) electrons. The number of nitrogens with zero attached hydrogens (tertiary/aromatic N) is 1. The smallest absolute Gasteiger partial charge is 0.239 e. The Hall–Kier alpha value is -2.06. The first kappa shape index (κ1) is 13.4. The van der Waals surface area contributed by atoms with E-state index in [1.807, 2.05) is 6.07 Å². The third-order valence-electron chi connectivity index (χ3n) is 3.00. The molecule has 100 valence electrons. The van der Waals surface area contributed by atoms with Crippen LogP contribution in [0.1, 0.15) is 18.4 Å². The van der Waals surface area contributed by atoms with Crippen molar-refractivity contribution in [1.29, 1.82) is 5.26 Å². The lowest BCUT2D eigenvalue weighted by Crippen LogP contribution is -2.35. The molecule has 1 saturated heterocycles. The Morgan fingerprint density at radius 2 is 2.42 bits per heavy atom. The number of hydrogen-bond acceptors (Lipinski definition) is 4. The Balaban J connectivity index is 1.72. The SMILES string of the molecule is N#Cc1cccc(NCC(=O)NCC2CCCO2)c1. The highest BCUT2D eigenvalue weighted by molar-refractivity contribution is 5.80. The fourth-order valence-electron chi connectivity index (χ4n) is 1.98. The van der Waals surface area contributed by atoms with Gasteiger partial charge in [-0.2, -0.15) is 5.26 Å². The number of carbonyl (C=O) groups is 1. The Kier molecular flexibility index (Phi) is 4.76. The first-order valence-electron chi connectivity index (χ1n) is 6.40. The van der Waals surface area contributed by atoms with E-state index in [-0.39, 0.29) is 18.6 Å². The van der Waals surface area contributed by atoms with Crippen LogP contribution in [-0.2, 0) is 9.53 Å². The summed E-state index contributed by atoms with van der Waals surface area (Å²) >= 11 is 0. The second-order valence-electron chi connectivity index (χ2n) is 4.49. The van der Waals surface area contributed by atoms with E-state index in [1.54, 1.807) is 18.2 Å². The molecule has 0 aromatic heterocycles. The van der Waals surface area contributed by atoms with Crippen molar-refractivity contribution in [1.82, 2.24) is 5.32 Å². The molecule has 5 heteroatoms. The average Bonchev–Trinajstić information content (AvgIpc) is 2.96. The topological polar surface area (TPSA) is 74.2 Å². The molecule has 1 fully saturated rings. The van der Waals surface area contributed by atoms with Gasteiger partial charge in [0, 0.05) is 18.8 Å². The molecule has 1 aliphatic rings. The third-order valence-corrected chi connectivity index (χ3v) is 3.00. The van der Waals surface area contributed by atoms with E-state index in [1.165, 1.54) is 0 Å². The van der Waals surface area contributed by atoms with Crippen LogP contribution in [0.4, 0.5) is 5.69 Å². The van der Waals surface area contributed by atoms with Crippen molar-refractivity contribution in [2.45, 2.75) is 18.9 Å². The summed E-state index contributed by atoms with van der Waals surface area (Å²) in [6.07, 6.45) is 2.24. The van der Waals surface area contributed by atoms with Gasteiger partial charge >= 0.3 is 0 Å². The van der Waals surface area contributed by atoms with E-state index in [0.29, 0.717) is 12.1 Å². The maximum atomic E-state index is 11.6. The number of hydrogen-bond donors (Lipinski definition) is 2. The van der Waals surface area contributed by atoms with Gasteiger partial charge in [0.1, 0.15) is 0 Å². The van der Waals surface area contributed by atoms with Gasteiger partial charge in [-0.25, -0.2) is 0 Å². The van der Waals surface area contributed by atoms with E-state index < -0.39 is 0 Å². The number of benzene rings is 1. The largest absolute Gasteiger partial charge is 0.376 e. The monoisotopic (exact) mass is 259 g/mol. The minimum absolute atomic E-state index is 0.0714. The van der Waals surface area contributed by atoms with E-state index in [2.05, 4.69) is 16.7 Å². The van der Waals surface area contributed by atoms with Crippen LogP contribution in [0.3, 0.4) is 0 Å². The summed E-state index contributed by atoms with van der Waals surface area (Å²) in [5, 5.41) is 14.6. The maximum Gasteiger partial charge on any atom is 0.239 e. The van der Waals surface area contributed by atoms with Gasteiger partial charge < -0.3 is 15.4 Å². The molecule has 0 bridgehead atoms. The average molecular weight is 259 g/mol. The zero-order valence-electron chi connectivity index (χ0n) is 10.7. The van der Waals surface area contributed by atoms with E-state index in [9.17, 15) is 4.79 Å². The van der Waals surface area contributed by atoms with Crippen LogP contribution < -0.4 is 10.6 Å². The second-order valence-corrected chi connectivity index (χ2v) is 4.49. The highest BCUT2D eigenvalue weighted by atomic mass is 16.5. The normalized spacial score (nSPS) is 17.7. The van der Waals surface area contributed by atoms with Gasteiger partial charge in [0.05, 0.1) is 24.3 Å². The van der Waals surface area contributed by atoms with Crippen LogP contribution in [0, 0.1) is 11.3 Å². The van der Waals surface area contributed by atoms with E-state index in [0.717, 1.165) is 25.1 Å². The summed E-state index contributed by atoms with van der Waals surface area (Å²) in [4.78, 5) is 11.6. The number of rotatable bonds is 5. The number of amides is 1. The molecule has 19 heavy (non-hydrogen) atoms. The maximum absolute atomic E-state index is 11.6. The number of anilines is 1. The standard InChI is InChI=1S/C14H17N3O2/c15-8-11-3-1-4-12(7-11)16-10-14(18)17-9-13-5-2-6-19-13/h1,3-4,7,13,16H,2,5-6,9-10H2,(H,17,18). The van der Waals surface area contributed by atoms with E-state index in [4.69, 9.17) is 10.00 Å². The van der Waals surface area contributed by atoms with Crippen LogP contribution in [0.15, 0.2) is 24.3 Å². The van der Waals surface area contributed by atoms with Gasteiger partial charge in [-0.3, -0.25) is 4.79 Å². The van der Waals surface area contributed by atoms with Gasteiger partial charge in [0.15, 0.2) is 0 Å². The van der Waals surface area contributed by atoms with Crippen molar-refractivity contribution in [2.24, 2.45) is 0 Å². The van der Waals surface area contributed by atoms with Crippen molar-refractivity contribution < 1.29 is 9.53 Å². The number of nitriles is 1. The van der Waals surface area contributed by atoms with Crippen LogP contribution >= 0.6 is 0 Å². The molecule has 2 N–H and O–H groups in total. The van der Waals surface area contributed by atoms with Gasteiger partial charge in [0.25, 0.3) is 0 Å². The number of ether oxygens (including phenoxy) is 1. The Morgan fingerprint density at radius 1 is 1.53 bits per heavy atom. The number of carbonyl (C=O) groups excluding carboxylic acids is 1. The molecular weight excluding hydrogens is 242 g/mol. The fraction of sp³-hybridized carbons (Fsp3) is 0.429. The lowest BCUT2D eigenvalue weighted by atomic mass is 10.2. The predicted octanol–water partition coefficient (Wildman–Crippen LogP) is 1.27. The molecule has 0 spiro atoms. The van der Waals surface area contributed by atoms with Crippen LogP contribution in [-0.4, -0.2) is 31.7 Å². The molecule has 1 unspecified atom stereocenters. The zero-order chi connectivity index (χ0) is 13.5. The Morgan fingerprint density at radius 3 is 3.16 bits per heavy atom. The predicted molar refractivity (Wildman–Crippen MR) is 71.6 cm³/mol. The summed E-state index contributed by atoms with van der Waals surface area (Å²) in [7, 11) is 0. The highest BCUT2D eigenvalue weighted by Crippen LogP contribution is 2.11. The van der Waals surface area contributed by atoms with Gasteiger partial charge in [-0.05, 0) is 31.0 Å². The van der Waals surface area contributed by atoms with E-state index >= 15 is 0 Å². The van der Waals surface area contributed by atoms with Gasteiger partial charge in [-0.1, -0.05) is 6.07 Å². The molecule has 0 saturated carbocycles. The molecule has 1 aromatic carbocycles. The van der Waals surface area contributed by atoms with Crippen molar-refractivity contribution in [3.8, 4) is 6.07 Å². The quantitative estimate of drug-likeness (QED) is 0.835. The Labute approximate surface area is 112 Å². The minimum Gasteiger partial charge on any atom is -0.376 e. The fourth-order valence-corrected chi connectivity index (χ4v) is 1.98. The summed E-state index contributed by atoms with van der Waals surface area (Å²) < 4.78 is 5.43. The third kappa shape index (κ3) is 4.27. The van der Waals surface area contributed by atoms with Gasteiger partial charge in [-0.15, -0.1) is 0 Å². The molecular formula is C14H17N3O2. The molecule has 1 atom stereocenters. The van der Waals surface area contributed by atoms with Crippen molar-refractivity contribution in [3.63, 3.8) is 0 Å². The second kappa shape index (κ2) is 6.76. The summed E-state index contributed by atoms with van der Waals surface area (Å²) in [5.41, 5.74) is 1.34. The first-order valence-corrected chi connectivity index (χ1v) is 6.40. The Bertz CT molecular complexity index is 476. The number of nitrogens with one attached hydrogen (secondary N) is 2. The molecule has 1 aromatic rings. The molecule has 0 aliphatic carbocycles. The van der Waals surface area contributed by atoms with Crippen molar-refractivity contribution in [3.05, 3.63) is 29.8 Å².